The van der Waals surface area contributed by atoms with E-state index in [2.05, 4.69) is 32.0 Å². The molecule has 2 amide bonds. The average Bonchev–Trinajstić information content (AvgIpc) is 3.44. The monoisotopic (exact) mass is 406 g/mol. The summed E-state index contributed by atoms with van der Waals surface area (Å²) in [5.74, 6) is -0.748. The van der Waals surface area contributed by atoms with Gasteiger partial charge in [-0.3, -0.25) is 9.59 Å². The minimum Gasteiger partial charge on any atom is -0.373 e. The van der Waals surface area contributed by atoms with E-state index in [1.54, 1.807) is 0 Å². The summed E-state index contributed by atoms with van der Waals surface area (Å²) in [5.41, 5.74) is 3.40. The number of benzene rings is 1. The Balaban J connectivity index is 1.57. The highest BCUT2D eigenvalue weighted by Gasteiger charge is 2.63. The molecule has 4 atom stereocenters. The van der Waals surface area contributed by atoms with Crippen LogP contribution in [0.25, 0.3) is 11.1 Å². The summed E-state index contributed by atoms with van der Waals surface area (Å²) in [4.78, 5) is 28.5. The summed E-state index contributed by atoms with van der Waals surface area (Å²) in [5, 5.41) is 10.4. The van der Waals surface area contributed by atoms with Gasteiger partial charge in [0.15, 0.2) is 0 Å². The number of carbonyl (C=O) groups excluding carboxylic acids is 2. The van der Waals surface area contributed by atoms with Crippen LogP contribution < -0.4 is 4.90 Å². The highest BCUT2D eigenvalue weighted by molar-refractivity contribution is 7.17. The third-order valence-electron chi connectivity index (χ3n) is 6.53. The Kier molecular flexibility index (Phi) is 4.16. The normalized spacial score (nSPS) is 27.8. The van der Waals surface area contributed by atoms with Crippen molar-refractivity contribution in [3.8, 4) is 17.2 Å². The Morgan fingerprint density at radius 1 is 1.10 bits per heavy atom. The summed E-state index contributed by atoms with van der Waals surface area (Å²) in [7, 11) is 0. The number of nitrogens with zero attached hydrogens (tertiary/aromatic N) is 2. The number of fused-ring (bicyclic) bond motifs is 5. The van der Waals surface area contributed by atoms with Crippen molar-refractivity contribution >= 4 is 28.2 Å². The third kappa shape index (κ3) is 2.54. The molecule has 148 valence electrons. The van der Waals surface area contributed by atoms with Crippen molar-refractivity contribution in [3.05, 3.63) is 40.3 Å². The molecule has 0 radical (unpaired) electrons. The zero-order valence-corrected chi connectivity index (χ0v) is 17.5. The number of nitriles is 1. The first-order valence-corrected chi connectivity index (χ1v) is 10.9. The second-order valence-corrected chi connectivity index (χ2v) is 9.66. The van der Waals surface area contributed by atoms with Gasteiger partial charge in [-0.1, -0.05) is 38.1 Å². The predicted molar refractivity (Wildman–Crippen MR) is 111 cm³/mol. The highest BCUT2D eigenvalue weighted by atomic mass is 32.1. The van der Waals surface area contributed by atoms with Gasteiger partial charge in [-0.05, 0) is 36.8 Å². The molecule has 4 heterocycles. The maximum atomic E-state index is 13.2. The van der Waals surface area contributed by atoms with Gasteiger partial charge in [-0.25, -0.2) is 4.90 Å². The van der Waals surface area contributed by atoms with Gasteiger partial charge < -0.3 is 4.74 Å². The molecule has 0 saturated carbocycles. The number of aryl methyl sites for hydroxylation is 1. The van der Waals surface area contributed by atoms with E-state index in [1.165, 1.54) is 21.8 Å². The van der Waals surface area contributed by atoms with Crippen LogP contribution >= 0.6 is 11.3 Å². The number of ether oxygens (including phenoxy) is 1. The Bertz CT molecular complexity index is 1040. The molecule has 1 aromatic carbocycles. The van der Waals surface area contributed by atoms with Gasteiger partial charge >= 0.3 is 0 Å². The molecule has 29 heavy (non-hydrogen) atoms. The maximum absolute atomic E-state index is 13.2. The van der Waals surface area contributed by atoms with E-state index in [0.29, 0.717) is 16.5 Å². The molecule has 2 aromatic rings. The maximum Gasteiger partial charge on any atom is 0.241 e. The first kappa shape index (κ1) is 18.5. The van der Waals surface area contributed by atoms with Crippen molar-refractivity contribution in [1.29, 1.82) is 5.26 Å². The van der Waals surface area contributed by atoms with Gasteiger partial charge in [0.2, 0.25) is 11.8 Å². The minimum absolute atomic E-state index is 0.152. The third-order valence-corrected chi connectivity index (χ3v) is 7.62. The van der Waals surface area contributed by atoms with Crippen LogP contribution in [-0.4, -0.2) is 24.0 Å². The standard InChI is InChI=1S/C23H22N2O3S/c1-11(2)13-4-6-14(7-5-13)18-12(3)29-23(15(18)10-24)25-21(26)19-16-8-9-17(28-16)20(19)22(25)27/h4-7,11,16-17,19-20H,8-9H2,1-3H3. The number of imide groups is 1. The molecule has 3 saturated heterocycles. The molecule has 3 fully saturated rings. The molecular formula is C23H22N2O3S. The van der Waals surface area contributed by atoms with Gasteiger partial charge in [-0.2, -0.15) is 5.26 Å². The average molecular weight is 407 g/mol. The van der Waals surface area contributed by atoms with Crippen LogP contribution in [0.15, 0.2) is 24.3 Å². The predicted octanol–water partition coefficient (Wildman–Crippen LogP) is 4.39. The lowest BCUT2D eigenvalue weighted by atomic mass is 9.81. The molecular weight excluding hydrogens is 384 g/mol. The van der Waals surface area contributed by atoms with Gasteiger partial charge in [-0.15, -0.1) is 11.3 Å². The summed E-state index contributed by atoms with van der Waals surface area (Å²) in [6.45, 7) is 6.23. The van der Waals surface area contributed by atoms with E-state index in [1.807, 2.05) is 19.1 Å². The van der Waals surface area contributed by atoms with E-state index in [0.717, 1.165) is 28.8 Å². The lowest BCUT2D eigenvalue weighted by molar-refractivity contribution is -0.124. The quantitative estimate of drug-likeness (QED) is 0.709. The molecule has 0 spiro atoms. The molecule has 0 aliphatic carbocycles. The second kappa shape index (κ2) is 6.51. The lowest BCUT2D eigenvalue weighted by Crippen LogP contribution is -2.34. The Morgan fingerprint density at radius 3 is 2.21 bits per heavy atom. The van der Waals surface area contributed by atoms with Crippen molar-refractivity contribution in [3.63, 3.8) is 0 Å². The van der Waals surface area contributed by atoms with Crippen LogP contribution in [0.5, 0.6) is 0 Å². The first-order valence-electron chi connectivity index (χ1n) is 10.1. The fraction of sp³-hybridized carbons (Fsp3) is 0.435. The smallest absolute Gasteiger partial charge is 0.241 e. The van der Waals surface area contributed by atoms with E-state index in [-0.39, 0.29) is 35.9 Å². The molecule has 6 heteroatoms. The zero-order valence-electron chi connectivity index (χ0n) is 16.6. The fourth-order valence-electron chi connectivity index (χ4n) is 5.09. The number of anilines is 1. The Hall–Kier alpha value is -2.49. The van der Waals surface area contributed by atoms with Crippen LogP contribution in [-0.2, 0) is 14.3 Å². The van der Waals surface area contributed by atoms with E-state index in [9.17, 15) is 14.9 Å². The molecule has 4 unspecified atom stereocenters. The van der Waals surface area contributed by atoms with Gasteiger partial charge in [0.05, 0.1) is 29.6 Å². The van der Waals surface area contributed by atoms with Crippen LogP contribution in [0, 0.1) is 30.1 Å². The number of rotatable bonds is 3. The Labute approximate surface area is 173 Å². The second-order valence-electron chi connectivity index (χ2n) is 8.46. The van der Waals surface area contributed by atoms with E-state index < -0.39 is 0 Å². The highest BCUT2D eigenvalue weighted by Crippen LogP contribution is 2.52. The summed E-state index contributed by atoms with van der Waals surface area (Å²) in [6, 6.07) is 10.5. The number of thiophene rings is 1. The van der Waals surface area contributed by atoms with Crippen molar-refractivity contribution in [1.82, 2.24) is 0 Å². The van der Waals surface area contributed by atoms with Crippen molar-refractivity contribution < 1.29 is 14.3 Å². The van der Waals surface area contributed by atoms with Crippen molar-refractivity contribution in [2.45, 2.75) is 51.7 Å². The van der Waals surface area contributed by atoms with E-state index in [4.69, 9.17) is 4.74 Å². The molecule has 2 bridgehead atoms. The SMILES string of the molecule is Cc1sc(N2C(=O)C3C4CCC(O4)C3C2=O)c(C#N)c1-c1ccc(C(C)C)cc1. The molecule has 5 nitrogen and oxygen atoms in total. The topological polar surface area (TPSA) is 70.4 Å². The minimum atomic E-state index is -0.385. The van der Waals surface area contributed by atoms with Crippen LogP contribution in [0.3, 0.4) is 0 Å². The summed E-state index contributed by atoms with van der Waals surface area (Å²) < 4.78 is 5.82. The van der Waals surface area contributed by atoms with Crippen molar-refractivity contribution in [2.24, 2.45) is 11.8 Å². The van der Waals surface area contributed by atoms with Crippen LogP contribution in [0.2, 0.25) is 0 Å². The van der Waals surface area contributed by atoms with Crippen molar-refractivity contribution in [2.75, 3.05) is 4.90 Å². The summed E-state index contributed by atoms with van der Waals surface area (Å²) in [6.07, 6.45) is 1.36. The van der Waals surface area contributed by atoms with Crippen LogP contribution in [0.1, 0.15) is 48.6 Å². The largest absolute Gasteiger partial charge is 0.373 e. The number of amides is 2. The van der Waals surface area contributed by atoms with Gasteiger partial charge in [0, 0.05) is 10.4 Å². The molecule has 5 rings (SSSR count). The van der Waals surface area contributed by atoms with E-state index >= 15 is 0 Å². The first-order chi connectivity index (χ1) is 13.9. The summed E-state index contributed by atoms with van der Waals surface area (Å²) >= 11 is 1.36. The number of hydrogen-bond acceptors (Lipinski definition) is 5. The molecule has 1 aromatic heterocycles. The molecule has 3 aliphatic rings. The van der Waals surface area contributed by atoms with Crippen LogP contribution in [0.4, 0.5) is 5.00 Å². The fourth-order valence-corrected chi connectivity index (χ4v) is 6.22. The number of hydrogen-bond donors (Lipinski definition) is 0. The van der Waals surface area contributed by atoms with Gasteiger partial charge in [0.25, 0.3) is 0 Å². The zero-order chi connectivity index (χ0) is 20.4. The Morgan fingerprint density at radius 2 is 1.69 bits per heavy atom. The molecule has 0 N–H and O–H groups in total. The van der Waals surface area contributed by atoms with Gasteiger partial charge in [0.1, 0.15) is 11.1 Å². The lowest BCUT2D eigenvalue weighted by Gasteiger charge is -2.16. The number of carbonyl (C=O) groups is 2. The molecule has 3 aliphatic heterocycles.